The normalized spacial score (nSPS) is 12.1. The third-order valence-corrected chi connectivity index (χ3v) is 6.27. The fourth-order valence-corrected chi connectivity index (χ4v) is 4.34. The van der Waals surface area contributed by atoms with E-state index in [1.54, 1.807) is 47.7 Å². The minimum atomic E-state index is -0.626. The fraction of sp³-hybridized carbons (Fsp3) is 0.385. The Balaban J connectivity index is 1.90. The Morgan fingerprint density at radius 2 is 1.62 bits per heavy atom. The van der Waals surface area contributed by atoms with Crippen LogP contribution in [0.1, 0.15) is 62.3 Å². The van der Waals surface area contributed by atoms with Crippen molar-refractivity contribution < 1.29 is 19.4 Å². The van der Waals surface area contributed by atoms with Gasteiger partial charge in [0.05, 0.1) is 0 Å². The third kappa shape index (κ3) is 6.10. The Labute approximate surface area is 193 Å². The van der Waals surface area contributed by atoms with Crippen molar-refractivity contribution in [3.63, 3.8) is 0 Å². The summed E-state index contributed by atoms with van der Waals surface area (Å²) in [5, 5.41) is 13.4. The van der Waals surface area contributed by atoms with Gasteiger partial charge >= 0.3 is 5.97 Å². The molecule has 0 saturated carbocycles. The quantitative estimate of drug-likeness (QED) is 0.489. The number of carbonyl (C=O) groups excluding carboxylic acids is 2. The van der Waals surface area contributed by atoms with Crippen molar-refractivity contribution in [2.75, 3.05) is 6.54 Å². The lowest BCUT2D eigenvalue weighted by atomic mass is 9.94. The maximum atomic E-state index is 13.4. The molecule has 1 N–H and O–H groups in total. The number of aromatic hydroxyl groups is 1. The van der Waals surface area contributed by atoms with Crippen molar-refractivity contribution in [1.29, 1.82) is 0 Å². The van der Waals surface area contributed by atoms with E-state index in [0.717, 1.165) is 16.3 Å². The van der Waals surface area contributed by atoms with Crippen LogP contribution in [0.4, 0.5) is 0 Å². The minimum absolute atomic E-state index is 0.0207. The number of rotatable bonds is 5. The van der Waals surface area contributed by atoms with Crippen molar-refractivity contribution in [3.05, 3.63) is 63.8 Å². The molecule has 1 amide bonds. The molecule has 2 aromatic carbocycles. The molecule has 0 fully saturated rings. The summed E-state index contributed by atoms with van der Waals surface area (Å²) in [6.07, 6.45) is 0. The lowest BCUT2D eigenvalue weighted by molar-refractivity contribution is -0.155. The molecule has 32 heavy (non-hydrogen) atoms. The number of carbonyl (C=O) groups is 2. The number of benzene rings is 2. The highest BCUT2D eigenvalue weighted by Crippen LogP contribution is 2.29. The van der Waals surface area contributed by atoms with E-state index in [1.807, 2.05) is 26.2 Å². The Morgan fingerprint density at radius 3 is 2.25 bits per heavy atom. The summed E-state index contributed by atoms with van der Waals surface area (Å²) < 4.78 is 5.48. The largest absolute Gasteiger partial charge is 0.508 e. The van der Waals surface area contributed by atoms with Crippen LogP contribution in [0, 0.1) is 0 Å². The number of fused-ring (bicyclic) bond motifs is 1. The van der Waals surface area contributed by atoms with E-state index in [-0.39, 0.29) is 23.6 Å². The number of amides is 1. The average Bonchev–Trinajstić information content (AvgIpc) is 3.14. The summed E-state index contributed by atoms with van der Waals surface area (Å²) in [7, 11) is 0. The van der Waals surface area contributed by atoms with E-state index in [9.17, 15) is 14.7 Å². The van der Waals surface area contributed by atoms with E-state index < -0.39 is 11.6 Å². The zero-order chi connectivity index (χ0) is 23.7. The zero-order valence-electron chi connectivity index (χ0n) is 19.6. The number of nitrogens with zero attached hydrogens (tertiary/aromatic N) is 1. The van der Waals surface area contributed by atoms with E-state index in [2.05, 4.69) is 26.8 Å². The Morgan fingerprint density at radius 1 is 0.969 bits per heavy atom. The molecule has 3 rings (SSSR count). The highest BCUT2D eigenvalue weighted by atomic mass is 32.1. The summed E-state index contributed by atoms with van der Waals surface area (Å²) in [6.45, 7) is 12.1. The van der Waals surface area contributed by atoms with Crippen LogP contribution in [0.3, 0.4) is 0 Å². The highest BCUT2D eigenvalue weighted by Gasteiger charge is 2.25. The number of phenols is 1. The Bertz CT molecular complexity index is 1130. The molecule has 1 heterocycles. The first-order chi connectivity index (χ1) is 14.8. The molecular formula is C26H31NO4S. The van der Waals surface area contributed by atoms with Crippen LogP contribution in [0.5, 0.6) is 5.75 Å². The maximum Gasteiger partial charge on any atom is 0.326 e. The first kappa shape index (κ1) is 23.8. The molecule has 0 radical (unpaired) electrons. The number of phenolic OH excluding ortho intramolecular Hbond substituents is 1. The first-order valence-electron chi connectivity index (χ1n) is 10.6. The van der Waals surface area contributed by atoms with Crippen LogP contribution in [0.2, 0.25) is 0 Å². The molecule has 170 valence electrons. The summed E-state index contributed by atoms with van der Waals surface area (Å²) >= 11 is 1.66. The average molecular weight is 454 g/mol. The van der Waals surface area contributed by atoms with Gasteiger partial charge in [-0.2, -0.15) is 0 Å². The van der Waals surface area contributed by atoms with E-state index >= 15 is 0 Å². The molecule has 0 aliphatic carbocycles. The lowest BCUT2D eigenvalue weighted by Gasteiger charge is -2.25. The minimum Gasteiger partial charge on any atom is -0.508 e. The molecule has 1 aromatic heterocycles. The second kappa shape index (κ2) is 8.94. The molecular weight excluding hydrogens is 422 g/mol. The summed E-state index contributed by atoms with van der Waals surface area (Å²) in [6, 6.07) is 12.4. The molecule has 0 saturated heterocycles. The molecule has 0 aliphatic heterocycles. The van der Waals surface area contributed by atoms with Gasteiger partial charge in [0.1, 0.15) is 17.9 Å². The number of esters is 1. The van der Waals surface area contributed by atoms with Crippen LogP contribution in [-0.4, -0.2) is 34.0 Å². The summed E-state index contributed by atoms with van der Waals surface area (Å²) in [4.78, 5) is 28.8. The molecule has 5 nitrogen and oxygen atoms in total. The molecule has 0 atom stereocenters. The van der Waals surface area contributed by atoms with Crippen molar-refractivity contribution >= 4 is 34.0 Å². The maximum absolute atomic E-state index is 13.4. The van der Waals surface area contributed by atoms with Crippen LogP contribution in [-0.2, 0) is 21.5 Å². The Hall–Kier alpha value is -2.86. The highest BCUT2D eigenvalue weighted by molar-refractivity contribution is 7.10. The predicted octanol–water partition coefficient (Wildman–Crippen LogP) is 5.89. The van der Waals surface area contributed by atoms with Crippen LogP contribution >= 0.6 is 11.3 Å². The van der Waals surface area contributed by atoms with Gasteiger partial charge in [0.25, 0.3) is 5.91 Å². The van der Waals surface area contributed by atoms with Gasteiger partial charge in [-0.25, -0.2) is 0 Å². The van der Waals surface area contributed by atoms with Gasteiger partial charge in [-0.05, 0) is 78.2 Å². The van der Waals surface area contributed by atoms with E-state index in [1.165, 1.54) is 9.78 Å². The van der Waals surface area contributed by atoms with Gasteiger partial charge in [0.15, 0.2) is 0 Å². The lowest BCUT2D eigenvalue weighted by Crippen LogP contribution is -2.38. The van der Waals surface area contributed by atoms with Crippen LogP contribution in [0.15, 0.2) is 47.8 Å². The molecule has 3 aromatic rings. The van der Waals surface area contributed by atoms with Gasteiger partial charge in [0, 0.05) is 17.0 Å². The van der Waals surface area contributed by atoms with Crippen molar-refractivity contribution in [3.8, 4) is 5.75 Å². The zero-order valence-corrected chi connectivity index (χ0v) is 20.4. The van der Waals surface area contributed by atoms with Crippen LogP contribution < -0.4 is 0 Å². The Kier molecular flexibility index (Phi) is 6.65. The van der Waals surface area contributed by atoms with Crippen LogP contribution in [0.25, 0.3) is 10.8 Å². The second-order valence-electron chi connectivity index (χ2n) is 10.1. The van der Waals surface area contributed by atoms with Crippen molar-refractivity contribution in [2.24, 2.45) is 0 Å². The van der Waals surface area contributed by atoms with Gasteiger partial charge in [-0.15, -0.1) is 11.3 Å². The standard InChI is InChI=1S/C26H31NO4S/c1-25(2,3)22-11-17(16-32-22)14-27(15-23(29)31-26(4,5)6)24(30)20-8-7-19-13-21(28)10-9-18(19)12-20/h7-13,16,28H,14-15H2,1-6H3. The summed E-state index contributed by atoms with van der Waals surface area (Å²) in [5.74, 6) is -0.507. The monoisotopic (exact) mass is 453 g/mol. The first-order valence-corrected chi connectivity index (χ1v) is 11.5. The number of thiophene rings is 1. The molecule has 0 unspecified atom stereocenters. The molecule has 0 spiro atoms. The SMILES string of the molecule is CC(C)(C)OC(=O)CN(Cc1csc(C(C)(C)C)c1)C(=O)c1ccc2cc(O)ccc2c1. The smallest absolute Gasteiger partial charge is 0.326 e. The third-order valence-electron chi connectivity index (χ3n) is 4.86. The van der Waals surface area contributed by atoms with Gasteiger partial charge in [-0.1, -0.05) is 32.9 Å². The molecule has 0 bridgehead atoms. The van der Waals surface area contributed by atoms with E-state index in [0.29, 0.717) is 12.1 Å². The fourth-order valence-electron chi connectivity index (χ4n) is 3.35. The molecule has 6 heteroatoms. The number of ether oxygens (including phenoxy) is 1. The van der Waals surface area contributed by atoms with Gasteiger partial charge < -0.3 is 14.7 Å². The second-order valence-corrected chi connectivity index (χ2v) is 11.0. The topological polar surface area (TPSA) is 66.8 Å². The number of hydrogen-bond donors (Lipinski definition) is 1. The van der Waals surface area contributed by atoms with Gasteiger partial charge in [-0.3, -0.25) is 9.59 Å². The molecule has 0 aliphatic rings. The summed E-state index contributed by atoms with van der Waals surface area (Å²) in [5.41, 5.74) is 0.867. The van der Waals surface area contributed by atoms with Crippen molar-refractivity contribution in [2.45, 2.75) is 59.1 Å². The van der Waals surface area contributed by atoms with Gasteiger partial charge in [0.2, 0.25) is 0 Å². The van der Waals surface area contributed by atoms with Crippen molar-refractivity contribution in [1.82, 2.24) is 4.90 Å². The predicted molar refractivity (Wildman–Crippen MR) is 129 cm³/mol. The van der Waals surface area contributed by atoms with E-state index in [4.69, 9.17) is 4.74 Å². The number of hydrogen-bond acceptors (Lipinski definition) is 5.